The van der Waals surface area contributed by atoms with Crippen LogP contribution in [0.4, 0.5) is 0 Å². The number of allylic oxidation sites excluding steroid dienone is 1. The van der Waals surface area contributed by atoms with E-state index in [1.54, 1.807) is 7.11 Å². The number of halogens is 2. The topological polar surface area (TPSA) is 18.5 Å². The molecule has 2 nitrogen and oxygen atoms in total. The molecule has 16 heavy (non-hydrogen) atoms. The highest BCUT2D eigenvalue weighted by atomic mass is 79.9. The molecule has 1 aliphatic rings. The molecule has 1 aromatic rings. The van der Waals surface area contributed by atoms with Gasteiger partial charge in [0.25, 0.3) is 0 Å². The van der Waals surface area contributed by atoms with Crippen LogP contribution in [0.15, 0.2) is 17.1 Å². The van der Waals surface area contributed by atoms with Crippen molar-refractivity contribution in [1.82, 2.24) is 0 Å². The molecule has 0 fully saturated rings. The van der Waals surface area contributed by atoms with E-state index in [-0.39, 0.29) is 6.79 Å². The van der Waals surface area contributed by atoms with Gasteiger partial charge in [-0.15, -0.1) is 0 Å². The summed E-state index contributed by atoms with van der Waals surface area (Å²) in [5.74, 6) is 0.781. The Morgan fingerprint density at radius 2 is 2.25 bits per heavy atom. The summed E-state index contributed by atoms with van der Waals surface area (Å²) in [7, 11) is 1.60. The second-order valence-electron chi connectivity index (χ2n) is 3.68. The molecule has 0 unspecified atom stereocenters. The van der Waals surface area contributed by atoms with Crippen LogP contribution in [0, 0.1) is 0 Å². The van der Waals surface area contributed by atoms with Crippen LogP contribution in [0.25, 0.3) is 5.57 Å². The molecule has 0 heterocycles. The number of benzene rings is 1. The molecule has 0 saturated carbocycles. The Hall–Kier alpha value is -0.510. The van der Waals surface area contributed by atoms with Gasteiger partial charge in [0.1, 0.15) is 5.75 Å². The van der Waals surface area contributed by atoms with E-state index >= 15 is 0 Å². The van der Waals surface area contributed by atoms with Crippen LogP contribution in [0.3, 0.4) is 0 Å². The Labute approximate surface area is 108 Å². The van der Waals surface area contributed by atoms with E-state index in [1.807, 2.05) is 6.07 Å². The van der Waals surface area contributed by atoms with Crippen LogP contribution in [0.5, 0.6) is 5.75 Å². The molecule has 86 valence electrons. The van der Waals surface area contributed by atoms with Crippen LogP contribution >= 0.6 is 27.5 Å². The van der Waals surface area contributed by atoms with Gasteiger partial charge >= 0.3 is 0 Å². The normalized spacial score (nSPS) is 14.1. The molecule has 0 aliphatic heterocycles. The second kappa shape index (κ2) is 4.78. The second-order valence-corrected chi connectivity index (χ2v) is 4.94. The van der Waals surface area contributed by atoms with Crippen molar-refractivity contribution in [2.45, 2.75) is 12.8 Å². The lowest BCUT2D eigenvalue weighted by atomic mass is 10.1. The van der Waals surface area contributed by atoms with E-state index in [0.717, 1.165) is 44.8 Å². The Morgan fingerprint density at radius 3 is 2.94 bits per heavy atom. The standard InChI is InChI=1S/C12H12BrClO2/c1-7-3-4-8-10(14)5-9(13)12(11(7)8)16-6-15-2/h5H,1,3-4,6H2,2H3. The summed E-state index contributed by atoms with van der Waals surface area (Å²) in [5.41, 5.74) is 3.24. The fourth-order valence-corrected chi connectivity index (χ4v) is 2.89. The summed E-state index contributed by atoms with van der Waals surface area (Å²) < 4.78 is 11.3. The molecule has 0 amide bonds. The number of hydrogen-bond acceptors (Lipinski definition) is 2. The maximum absolute atomic E-state index is 6.19. The highest BCUT2D eigenvalue weighted by molar-refractivity contribution is 9.10. The maximum Gasteiger partial charge on any atom is 0.188 e. The fraction of sp³-hybridized carbons (Fsp3) is 0.333. The number of hydrogen-bond donors (Lipinski definition) is 0. The molecule has 0 N–H and O–H groups in total. The SMILES string of the molecule is C=C1CCc2c(Cl)cc(Br)c(OCOC)c21. The lowest BCUT2D eigenvalue weighted by Gasteiger charge is -2.13. The predicted molar refractivity (Wildman–Crippen MR) is 69.0 cm³/mol. The summed E-state index contributed by atoms with van der Waals surface area (Å²) in [4.78, 5) is 0. The molecule has 0 saturated heterocycles. The third-order valence-electron chi connectivity index (χ3n) is 2.64. The minimum absolute atomic E-state index is 0.222. The van der Waals surface area contributed by atoms with Gasteiger partial charge in [0.15, 0.2) is 6.79 Å². The monoisotopic (exact) mass is 302 g/mol. The van der Waals surface area contributed by atoms with Gasteiger partial charge in [0, 0.05) is 17.7 Å². The minimum atomic E-state index is 0.222. The predicted octanol–water partition coefficient (Wildman–Crippen LogP) is 4.04. The van der Waals surface area contributed by atoms with Gasteiger partial charge in [-0.2, -0.15) is 0 Å². The van der Waals surface area contributed by atoms with Crippen molar-refractivity contribution in [3.05, 3.63) is 33.3 Å². The zero-order chi connectivity index (χ0) is 11.7. The summed E-state index contributed by atoms with van der Waals surface area (Å²) in [6.07, 6.45) is 1.87. The first kappa shape index (κ1) is 12.0. The van der Waals surface area contributed by atoms with Gasteiger partial charge in [-0.3, -0.25) is 0 Å². The van der Waals surface area contributed by atoms with E-state index in [1.165, 1.54) is 0 Å². The van der Waals surface area contributed by atoms with Crippen molar-refractivity contribution < 1.29 is 9.47 Å². The van der Waals surface area contributed by atoms with Crippen molar-refractivity contribution in [3.8, 4) is 5.75 Å². The first-order chi connectivity index (χ1) is 7.65. The van der Waals surface area contributed by atoms with Crippen molar-refractivity contribution >= 4 is 33.1 Å². The van der Waals surface area contributed by atoms with Crippen molar-refractivity contribution in [3.63, 3.8) is 0 Å². The summed E-state index contributed by atoms with van der Waals surface area (Å²) in [5, 5.41) is 0.769. The molecule has 1 aromatic carbocycles. The zero-order valence-electron chi connectivity index (χ0n) is 8.98. The van der Waals surface area contributed by atoms with Gasteiger partial charge in [-0.1, -0.05) is 18.2 Å². The van der Waals surface area contributed by atoms with E-state index in [4.69, 9.17) is 21.1 Å². The lowest BCUT2D eigenvalue weighted by Crippen LogP contribution is -2.02. The summed E-state index contributed by atoms with van der Waals surface area (Å²) >= 11 is 9.64. The number of rotatable bonds is 3. The highest BCUT2D eigenvalue weighted by Crippen LogP contribution is 2.45. The largest absolute Gasteiger partial charge is 0.466 e. The first-order valence-electron chi connectivity index (χ1n) is 4.96. The van der Waals surface area contributed by atoms with E-state index in [9.17, 15) is 0 Å². The maximum atomic E-state index is 6.19. The number of ether oxygens (including phenoxy) is 2. The fourth-order valence-electron chi connectivity index (χ4n) is 1.92. The van der Waals surface area contributed by atoms with Crippen LogP contribution < -0.4 is 4.74 Å². The van der Waals surface area contributed by atoms with Crippen LogP contribution in [0.2, 0.25) is 5.02 Å². The molecule has 1 aliphatic carbocycles. The number of fused-ring (bicyclic) bond motifs is 1. The quantitative estimate of drug-likeness (QED) is 0.785. The molecule has 0 atom stereocenters. The molecule has 4 heteroatoms. The van der Waals surface area contributed by atoms with Gasteiger partial charge in [-0.05, 0) is 46.0 Å². The number of methoxy groups -OCH3 is 1. The Balaban J connectivity index is 2.51. The molecular weight excluding hydrogens is 291 g/mol. The van der Waals surface area contributed by atoms with Gasteiger partial charge < -0.3 is 9.47 Å². The molecular formula is C12H12BrClO2. The summed E-state index contributed by atoms with van der Waals surface area (Å²) in [6.45, 7) is 4.27. The molecule has 0 bridgehead atoms. The van der Waals surface area contributed by atoms with Gasteiger partial charge in [0.05, 0.1) is 4.47 Å². The van der Waals surface area contributed by atoms with E-state index in [0.29, 0.717) is 0 Å². The smallest absolute Gasteiger partial charge is 0.188 e. The Kier molecular flexibility index (Phi) is 3.57. The molecule has 0 radical (unpaired) electrons. The van der Waals surface area contributed by atoms with E-state index < -0.39 is 0 Å². The van der Waals surface area contributed by atoms with Crippen LogP contribution in [-0.2, 0) is 11.2 Å². The molecule has 0 spiro atoms. The van der Waals surface area contributed by atoms with Crippen molar-refractivity contribution in [1.29, 1.82) is 0 Å². The van der Waals surface area contributed by atoms with Crippen molar-refractivity contribution in [2.75, 3.05) is 13.9 Å². The average molecular weight is 304 g/mol. The highest BCUT2D eigenvalue weighted by Gasteiger charge is 2.24. The third-order valence-corrected chi connectivity index (χ3v) is 3.57. The van der Waals surface area contributed by atoms with Gasteiger partial charge in [0.2, 0.25) is 0 Å². The summed E-state index contributed by atoms with van der Waals surface area (Å²) in [6, 6.07) is 1.87. The Morgan fingerprint density at radius 1 is 1.50 bits per heavy atom. The molecule has 0 aromatic heterocycles. The lowest BCUT2D eigenvalue weighted by molar-refractivity contribution is 0.0504. The zero-order valence-corrected chi connectivity index (χ0v) is 11.3. The Bertz CT molecular complexity index is 443. The van der Waals surface area contributed by atoms with Gasteiger partial charge in [-0.25, -0.2) is 0 Å². The minimum Gasteiger partial charge on any atom is -0.466 e. The van der Waals surface area contributed by atoms with Crippen molar-refractivity contribution in [2.24, 2.45) is 0 Å². The average Bonchev–Trinajstić information content (AvgIpc) is 2.61. The van der Waals surface area contributed by atoms with Crippen LogP contribution in [0.1, 0.15) is 17.5 Å². The third kappa shape index (κ3) is 1.99. The first-order valence-corrected chi connectivity index (χ1v) is 6.13. The van der Waals surface area contributed by atoms with Crippen LogP contribution in [-0.4, -0.2) is 13.9 Å². The van der Waals surface area contributed by atoms with E-state index in [2.05, 4.69) is 22.5 Å². The molecule has 2 rings (SSSR count).